The lowest BCUT2D eigenvalue weighted by atomic mass is 10.1. The SMILES string of the molecule is CCOc1ccccc1NC(=O)OC(C)(C)CN(C)C. The lowest BCUT2D eigenvalue weighted by molar-refractivity contribution is 0.0295. The van der Waals surface area contributed by atoms with Crippen molar-refractivity contribution in [3.63, 3.8) is 0 Å². The molecule has 0 unspecified atom stereocenters. The number of rotatable bonds is 6. The molecule has 0 atom stereocenters. The highest BCUT2D eigenvalue weighted by atomic mass is 16.6. The molecule has 1 aromatic rings. The Labute approximate surface area is 120 Å². The molecule has 0 fully saturated rings. The van der Waals surface area contributed by atoms with Crippen LogP contribution in [0.25, 0.3) is 0 Å². The number of benzene rings is 1. The molecular weight excluding hydrogens is 256 g/mol. The summed E-state index contributed by atoms with van der Waals surface area (Å²) < 4.78 is 10.9. The number of amides is 1. The van der Waals surface area contributed by atoms with Crippen molar-refractivity contribution in [2.24, 2.45) is 0 Å². The summed E-state index contributed by atoms with van der Waals surface area (Å²) in [5.41, 5.74) is 0.0497. The molecule has 0 aliphatic heterocycles. The first kappa shape index (κ1) is 16.3. The van der Waals surface area contributed by atoms with E-state index < -0.39 is 11.7 Å². The van der Waals surface area contributed by atoms with E-state index in [-0.39, 0.29) is 0 Å². The summed E-state index contributed by atoms with van der Waals surface area (Å²) in [6.45, 7) is 6.84. The number of hydrogen-bond donors (Lipinski definition) is 1. The Balaban J connectivity index is 2.67. The Morgan fingerprint density at radius 2 is 1.95 bits per heavy atom. The van der Waals surface area contributed by atoms with Crippen LogP contribution < -0.4 is 10.1 Å². The fourth-order valence-electron chi connectivity index (χ4n) is 2.03. The maximum atomic E-state index is 12.0. The summed E-state index contributed by atoms with van der Waals surface area (Å²) in [5, 5.41) is 2.72. The zero-order chi connectivity index (χ0) is 15.2. The standard InChI is InChI=1S/C15H24N2O3/c1-6-19-13-10-8-7-9-12(13)16-14(18)20-15(2,3)11-17(4)5/h7-10H,6,11H2,1-5H3,(H,16,18). The summed E-state index contributed by atoms with van der Waals surface area (Å²) in [6, 6.07) is 7.29. The quantitative estimate of drug-likeness (QED) is 0.870. The molecule has 5 nitrogen and oxygen atoms in total. The van der Waals surface area contributed by atoms with Crippen LogP contribution in [0.15, 0.2) is 24.3 Å². The van der Waals surface area contributed by atoms with Crippen LogP contribution >= 0.6 is 0 Å². The molecule has 5 heteroatoms. The van der Waals surface area contributed by atoms with Gasteiger partial charge in [-0.3, -0.25) is 5.32 Å². The van der Waals surface area contributed by atoms with Gasteiger partial charge in [-0.05, 0) is 47.0 Å². The molecule has 0 saturated carbocycles. The molecule has 0 spiro atoms. The van der Waals surface area contributed by atoms with Crippen LogP contribution in [-0.4, -0.2) is 43.8 Å². The van der Waals surface area contributed by atoms with E-state index in [1.165, 1.54) is 0 Å². The number of hydrogen-bond acceptors (Lipinski definition) is 4. The number of ether oxygens (including phenoxy) is 2. The van der Waals surface area contributed by atoms with E-state index in [1.54, 1.807) is 6.07 Å². The van der Waals surface area contributed by atoms with Crippen LogP contribution in [0, 0.1) is 0 Å². The van der Waals surface area contributed by atoms with Gasteiger partial charge in [-0.1, -0.05) is 12.1 Å². The number of anilines is 1. The van der Waals surface area contributed by atoms with Crippen LogP contribution in [0.3, 0.4) is 0 Å². The van der Waals surface area contributed by atoms with Gasteiger partial charge in [0.2, 0.25) is 0 Å². The van der Waals surface area contributed by atoms with Crippen LogP contribution in [0.4, 0.5) is 10.5 Å². The highest BCUT2D eigenvalue weighted by Crippen LogP contribution is 2.24. The van der Waals surface area contributed by atoms with Gasteiger partial charge in [-0.25, -0.2) is 4.79 Å². The third-order valence-corrected chi connectivity index (χ3v) is 2.49. The molecule has 0 radical (unpaired) electrons. The summed E-state index contributed by atoms with van der Waals surface area (Å²) in [6.07, 6.45) is -0.482. The summed E-state index contributed by atoms with van der Waals surface area (Å²) in [4.78, 5) is 13.9. The number of nitrogens with zero attached hydrogens (tertiary/aromatic N) is 1. The summed E-state index contributed by atoms with van der Waals surface area (Å²) >= 11 is 0. The molecule has 0 saturated heterocycles. The highest BCUT2D eigenvalue weighted by molar-refractivity contribution is 5.86. The number of nitrogens with one attached hydrogen (secondary N) is 1. The minimum Gasteiger partial charge on any atom is -0.492 e. The second-order valence-corrected chi connectivity index (χ2v) is 5.44. The first-order valence-corrected chi connectivity index (χ1v) is 6.70. The zero-order valence-electron chi connectivity index (χ0n) is 12.9. The monoisotopic (exact) mass is 280 g/mol. The molecule has 20 heavy (non-hydrogen) atoms. The van der Waals surface area contributed by atoms with Gasteiger partial charge in [-0.2, -0.15) is 0 Å². The van der Waals surface area contributed by atoms with Gasteiger partial charge in [0, 0.05) is 6.54 Å². The van der Waals surface area contributed by atoms with Gasteiger partial charge in [0.25, 0.3) is 0 Å². The first-order chi connectivity index (χ1) is 9.34. The smallest absolute Gasteiger partial charge is 0.412 e. The largest absolute Gasteiger partial charge is 0.492 e. The van der Waals surface area contributed by atoms with Crippen LogP contribution in [0.2, 0.25) is 0 Å². The fraction of sp³-hybridized carbons (Fsp3) is 0.533. The fourth-order valence-corrected chi connectivity index (χ4v) is 2.03. The lowest BCUT2D eigenvalue weighted by Crippen LogP contribution is -2.40. The number of carbonyl (C=O) groups excluding carboxylic acids is 1. The highest BCUT2D eigenvalue weighted by Gasteiger charge is 2.24. The van der Waals surface area contributed by atoms with Gasteiger partial charge in [0.15, 0.2) is 0 Å². The van der Waals surface area contributed by atoms with E-state index in [9.17, 15) is 4.79 Å². The Morgan fingerprint density at radius 3 is 2.55 bits per heavy atom. The lowest BCUT2D eigenvalue weighted by Gasteiger charge is -2.28. The topological polar surface area (TPSA) is 50.8 Å². The Kier molecular flexibility index (Phi) is 5.82. The first-order valence-electron chi connectivity index (χ1n) is 6.70. The predicted molar refractivity (Wildman–Crippen MR) is 80.3 cm³/mol. The molecule has 112 valence electrons. The maximum absolute atomic E-state index is 12.0. The maximum Gasteiger partial charge on any atom is 0.412 e. The third kappa shape index (κ3) is 5.48. The molecule has 0 aliphatic rings. The van der Waals surface area contributed by atoms with Gasteiger partial charge in [0.1, 0.15) is 11.4 Å². The summed E-state index contributed by atoms with van der Waals surface area (Å²) in [5.74, 6) is 0.636. The Morgan fingerprint density at radius 1 is 1.30 bits per heavy atom. The van der Waals surface area contributed by atoms with Crippen LogP contribution in [-0.2, 0) is 4.74 Å². The van der Waals surface area contributed by atoms with E-state index in [0.29, 0.717) is 24.6 Å². The van der Waals surface area contributed by atoms with Crippen molar-refractivity contribution in [2.45, 2.75) is 26.4 Å². The van der Waals surface area contributed by atoms with Crippen molar-refractivity contribution in [1.29, 1.82) is 0 Å². The number of para-hydroxylation sites is 2. The van der Waals surface area contributed by atoms with Gasteiger partial charge in [-0.15, -0.1) is 0 Å². The van der Waals surface area contributed by atoms with Crippen molar-refractivity contribution in [3.8, 4) is 5.75 Å². The van der Waals surface area contributed by atoms with E-state index in [0.717, 1.165) is 0 Å². The second kappa shape index (κ2) is 7.14. The van der Waals surface area contributed by atoms with Crippen LogP contribution in [0.1, 0.15) is 20.8 Å². The van der Waals surface area contributed by atoms with E-state index in [4.69, 9.17) is 9.47 Å². The van der Waals surface area contributed by atoms with E-state index in [1.807, 2.05) is 58.0 Å². The minimum atomic E-state index is -0.561. The normalized spacial score (nSPS) is 11.3. The van der Waals surface area contributed by atoms with Crippen LogP contribution in [0.5, 0.6) is 5.75 Å². The van der Waals surface area contributed by atoms with Crippen molar-refractivity contribution in [3.05, 3.63) is 24.3 Å². The van der Waals surface area contributed by atoms with Gasteiger partial charge >= 0.3 is 6.09 Å². The van der Waals surface area contributed by atoms with E-state index >= 15 is 0 Å². The van der Waals surface area contributed by atoms with Gasteiger partial charge in [0.05, 0.1) is 12.3 Å². The average Bonchev–Trinajstić information content (AvgIpc) is 2.29. The van der Waals surface area contributed by atoms with Crippen molar-refractivity contribution >= 4 is 11.8 Å². The van der Waals surface area contributed by atoms with Crippen molar-refractivity contribution < 1.29 is 14.3 Å². The van der Waals surface area contributed by atoms with Crippen molar-refractivity contribution in [2.75, 3.05) is 32.6 Å². The molecule has 1 amide bonds. The molecule has 1 rings (SSSR count). The number of carbonyl (C=O) groups is 1. The van der Waals surface area contributed by atoms with Crippen molar-refractivity contribution in [1.82, 2.24) is 4.90 Å². The minimum absolute atomic E-state index is 0.482. The summed E-state index contributed by atoms with van der Waals surface area (Å²) in [7, 11) is 3.88. The van der Waals surface area contributed by atoms with E-state index in [2.05, 4.69) is 5.32 Å². The van der Waals surface area contributed by atoms with Gasteiger partial charge < -0.3 is 14.4 Å². The Hall–Kier alpha value is -1.75. The zero-order valence-corrected chi connectivity index (χ0v) is 12.9. The number of likely N-dealkylation sites (N-methyl/N-ethyl adjacent to an activating group) is 1. The molecule has 1 N–H and O–H groups in total. The predicted octanol–water partition coefficient (Wildman–Crippen LogP) is 2.97. The molecule has 0 aromatic heterocycles. The second-order valence-electron chi connectivity index (χ2n) is 5.44. The molecular formula is C15H24N2O3. The average molecular weight is 280 g/mol. The molecule has 0 aliphatic carbocycles. The molecule has 0 bridgehead atoms. The molecule has 1 aromatic carbocycles. The Bertz CT molecular complexity index is 444. The third-order valence-electron chi connectivity index (χ3n) is 2.49. The molecule has 0 heterocycles.